The maximum Gasteiger partial charge on any atom is 0.269 e. The van der Waals surface area contributed by atoms with Gasteiger partial charge in [-0.15, -0.1) is 0 Å². The third-order valence-corrected chi connectivity index (χ3v) is 7.33. The molecule has 0 saturated carbocycles. The molecular formula is C23H20ClN3O4S. The van der Waals surface area contributed by atoms with E-state index >= 15 is 0 Å². The normalized spacial score (nSPS) is 15.2. The Hall–Kier alpha value is -3.36. The van der Waals surface area contributed by atoms with E-state index < -0.39 is 21.8 Å². The van der Waals surface area contributed by atoms with Crippen molar-refractivity contribution in [2.24, 2.45) is 0 Å². The lowest BCUT2D eigenvalue weighted by atomic mass is 10.1. The van der Waals surface area contributed by atoms with Gasteiger partial charge in [0.05, 0.1) is 10.6 Å². The van der Waals surface area contributed by atoms with Crippen LogP contribution in [0.15, 0.2) is 77.7 Å². The Kier molecular flexibility index (Phi) is 5.90. The molecule has 0 unspecified atom stereocenters. The smallest absolute Gasteiger partial charge is 0.267 e. The number of nitrogens with one attached hydrogen (secondary N) is 2. The van der Waals surface area contributed by atoms with Crippen molar-refractivity contribution < 1.29 is 18.0 Å². The summed E-state index contributed by atoms with van der Waals surface area (Å²) in [6.45, 7) is 1.85. The van der Waals surface area contributed by atoms with Gasteiger partial charge in [0.25, 0.3) is 21.8 Å². The topological polar surface area (TPSA) is 95.6 Å². The number of halogens is 1. The highest BCUT2D eigenvalue weighted by molar-refractivity contribution is 7.92. The minimum absolute atomic E-state index is 0.00475. The lowest BCUT2D eigenvalue weighted by Gasteiger charge is -2.24. The molecule has 0 aliphatic carbocycles. The zero-order valence-corrected chi connectivity index (χ0v) is 18.7. The van der Waals surface area contributed by atoms with Crippen LogP contribution in [0.2, 0.25) is 5.02 Å². The molecule has 7 nitrogen and oxygen atoms in total. The van der Waals surface area contributed by atoms with Gasteiger partial charge in [-0.05, 0) is 61.4 Å². The highest BCUT2D eigenvalue weighted by Crippen LogP contribution is 2.36. The van der Waals surface area contributed by atoms with Crippen LogP contribution < -0.4 is 15.2 Å². The highest BCUT2D eigenvalue weighted by atomic mass is 35.5. The Morgan fingerprint density at radius 2 is 1.53 bits per heavy atom. The van der Waals surface area contributed by atoms with E-state index in [1.54, 1.807) is 30.3 Å². The summed E-state index contributed by atoms with van der Waals surface area (Å²) in [5.41, 5.74) is 6.57. The molecule has 2 N–H and O–H groups in total. The fraction of sp³-hybridized carbons (Fsp3) is 0.130. The quantitative estimate of drug-likeness (QED) is 0.571. The predicted molar refractivity (Wildman–Crippen MR) is 122 cm³/mol. The first kappa shape index (κ1) is 21.9. The van der Waals surface area contributed by atoms with Gasteiger partial charge >= 0.3 is 0 Å². The largest absolute Gasteiger partial charge is 0.269 e. The van der Waals surface area contributed by atoms with Crippen LogP contribution in [0.1, 0.15) is 33.2 Å². The van der Waals surface area contributed by atoms with Crippen molar-refractivity contribution in [3.05, 3.63) is 94.5 Å². The molecule has 0 radical (unpaired) electrons. The number of carbonyl (C=O) groups is 2. The lowest BCUT2D eigenvalue weighted by molar-refractivity contribution is 0.0846. The number of anilines is 1. The standard InChI is InChI=1S/C23H20ClN3O4S/c1-15-12-16-6-2-3-11-21(16)27(15)32(30,31)20-10-5-8-18(14-20)23(29)26-25-22(28)17-7-4-9-19(24)13-17/h2-11,13-15H,12H2,1H3,(H,25,28)(H,26,29)/t15-/m1/s1. The Bertz CT molecular complexity index is 1310. The van der Waals surface area contributed by atoms with Crippen LogP contribution in [-0.4, -0.2) is 26.3 Å². The number of rotatable bonds is 4. The van der Waals surface area contributed by atoms with Gasteiger partial charge in [-0.1, -0.05) is 41.9 Å². The van der Waals surface area contributed by atoms with Crippen molar-refractivity contribution in [3.63, 3.8) is 0 Å². The maximum absolute atomic E-state index is 13.4. The van der Waals surface area contributed by atoms with Gasteiger partial charge in [-0.25, -0.2) is 8.42 Å². The van der Waals surface area contributed by atoms with E-state index in [1.807, 2.05) is 19.1 Å². The third kappa shape index (κ3) is 4.19. The highest BCUT2D eigenvalue weighted by Gasteiger charge is 2.36. The number of fused-ring (bicyclic) bond motifs is 1. The molecule has 164 valence electrons. The van der Waals surface area contributed by atoms with Crippen LogP contribution in [0.4, 0.5) is 5.69 Å². The molecule has 1 heterocycles. The summed E-state index contributed by atoms with van der Waals surface area (Å²) in [7, 11) is -3.89. The molecule has 1 aliphatic rings. The summed E-state index contributed by atoms with van der Waals surface area (Å²) in [5, 5.41) is 0.389. The lowest BCUT2D eigenvalue weighted by Crippen LogP contribution is -2.41. The van der Waals surface area contributed by atoms with Gasteiger partial charge in [-0.2, -0.15) is 0 Å². The molecule has 2 amide bonds. The second-order valence-corrected chi connectivity index (χ2v) is 9.68. The molecule has 0 bridgehead atoms. The number of sulfonamides is 1. The van der Waals surface area contributed by atoms with Crippen molar-refractivity contribution >= 4 is 39.1 Å². The van der Waals surface area contributed by atoms with Gasteiger partial charge in [0.1, 0.15) is 0 Å². The van der Waals surface area contributed by atoms with Gasteiger partial charge in [-0.3, -0.25) is 24.7 Å². The van der Waals surface area contributed by atoms with Crippen molar-refractivity contribution in [3.8, 4) is 0 Å². The van der Waals surface area contributed by atoms with E-state index in [-0.39, 0.29) is 22.1 Å². The average Bonchev–Trinajstić information content (AvgIpc) is 3.13. The molecule has 3 aromatic rings. The maximum atomic E-state index is 13.4. The third-order valence-electron chi connectivity index (χ3n) is 5.17. The first-order valence-electron chi connectivity index (χ1n) is 9.86. The number of hydrogen-bond acceptors (Lipinski definition) is 4. The van der Waals surface area contributed by atoms with Crippen molar-refractivity contribution in [2.45, 2.75) is 24.3 Å². The summed E-state index contributed by atoms with van der Waals surface area (Å²) in [6.07, 6.45) is 0.616. The Morgan fingerprint density at radius 1 is 0.906 bits per heavy atom. The molecule has 3 aromatic carbocycles. The fourth-order valence-electron chi connectivity index (χ4n) is 3.70. The Morgan fingerprint density at radius 3 is 2.22 bits per heavy atom. The van der Waals surface area contributed by atoms with Gasteiger partial charge in [0.2, 0.25) is 0 Å². The Labute approximate surface area is 191 Å². The molecule has 32 heavy (non-hydrogen) atoms. The first-order valence-corrected chi connectivity index (χ1v) is 11.7. The van der Waals surface area contributed by atoms with Crippen molar-refractivity contribution in [2.75, 3.05) is 4.31 Å². The number of benzene rings is 3. The molecule has 0 aromatic heterocycles. The molecule has 0 fully saturated rings. The summed E-state index contributed by atoms with van der Waals surface area (Å²) >= 11 is 5.88. The van der Waals surface area contributed by atoms with Gasteiger partial charge in [0.15, 0.2) is 0 Å². The molecule has 1 atom stereocenters. The molecule has 9 heteroatoms. The van der Waals surface area contributed by atoms with E-state index in [9.17, 15) is 18.0 Å². The van der Waals surface area contributed by atoms with E-state index in [0.29, 0.717) is 17.1 Å². The van der Waals surface area contributed by atoms with Gasteiger partial charge < -0.3 is 0 Å². The summed E-state index contributed by atoms with van der Waals surface area (Å²) < 4.78 is 28.1. The molecule has 4 rings (SSSR count). The zero-order chi connectivity index (χ0) is 22.9. The summed E-state index contributed by atoms with van der Waals surface area (Å²) in [4.78, 5) is 24.7. The number of carbonyl (C=O) groups excluding carboxylic acids is 2. The average molecular weight is 470 g/mol. The van der Waals surface area contributed by atoms with Crippen LogP contribution in [0, 0.1) is 0 Å². The van der Waals surface area contributed by atoms with E-state index in [0.717, 1.165) is 5.56 Å². The van der Waals surface area contributed by atoms with Crippen molar-refractivity contribution in [1.29, 1.82) is 0 Å². The zero-order valence-electron chi connectivity index (χ0n) is 17.1. The summed E-state index contributed by atoms with van der Waals surface area (Å²) in [6, 6.07) is 19.1. The number of amides is 2. The Balaban J connectivity index is 1.53. The number of para-hydroxylation sites is 1. The van der Waals surface area contributed by atoms with Crippen LogP contribution in [-0.2, 0) is 16.4 Å². The van der Waals surface area contributed by atoms with Crippen molar-refractivity contribution in [1.82, 2.24) is 10.9 Å². The van der Waals surface area contributed by atoms with Crippen LogP contribution in [0.25, 0.3) is 0 Å². The number of hydrogen-bond donors (Lipinski definition) is 2. The number of hydrazine groups is 1. The van der Waals surface area contributed by atoms with E-state index in [2.05, 4.69) is 10.9 Å². The monoisotopic (exact) mass is 469 g/mol. The second-order valence-electron chi connectivity index (χ2n) is 7.43. The molecule has 1 aliphatic heterocycles. The molecular weight excluding hydrogens is 450 g/mol. The predicted octanol–water partition coefficient (Wildman–Crippen LogP) is 3.55. The number of nitrogens with zero attached hydrogens (tertiary/aromatic N) is 1. The first-order chi connectivity index (χ1) is 15.3. The second kappa shape index (κ2) is 8.64. The van der Waals surface area contributed by atoms with Gasteiger partial charge in [0, 0.05) is 22.2 Å². The minimum atomic E-state index is -3.89. The molecule has 0 saturated heterocycles. The SMILES string of the molecule is C[C@@H]1Cc2ccccc2N1S(=O)(=O)c1cccc(C(=O)NNC(=O)c2cccc(Cl)c2)c1. The van der Waals surface area contributed by atoms with E-state index in [4.69, 9.17) is 11.6 Å². The molecule has 0 spiro atoms. The summed E-state index contributed by atoms with van der Waals surface area (Å²) in [5.74, 6) is -1.19. The minimum Gasteiger partial charge on any atom is -0.267 e. The van der Waals surface area contributed by atoms with Crippen LogP contribution in [0.3, 0.4) is 0 Å². The van der Waals surface area contributed by atoms with E-state index in [1.165, 1.54) is 34.6 Å². The fourth-order valence-corrected chi connectivity index (χ4v) is 5.63. The van der Waals surface area contributed by atoms with Crippen LogP contribution in [0.5, 0.6) is 0 Å². The van der Waals surface area contributed by atoms with Crippen LogP contribution >= 0.6 is 11.6 Å².